The predicted molar refractivity (Wildman–Crippen MR) is 95.4 cm³/mol. The maximum Gasteiger partial charge on any atom is 0.416 e. The van der Waals surface area contributed by atoms with Crippen LogP contribution < -0.4 is 0 Å². The van der Waals surface area contributed by atoms with E-state index >= 15 is 0 Å². The van der Waals surface area contributed by atoms with Crippen molar-refractivity contribution < 1.29 is 21.6 Å². The largest absolute Gasteiger partial charge is 0.416 e. The zero-order chi connectivity index (χ0) is 17.9. The zero-order valence-electron chi connectivity index (χ0n) is 12.6. The fraction of sp³-hybridized carbons (Fsp3) is 0.333. The van der Waals surface area contributed by atoms with Crippen LogP contribution in [-0.4, -0.2) is 19.9 Å². The third kappa shape index (κ3) is 10.5. The van der Waals surface area contributed by atoms with Gasteiger partial charge in [-0.15, -0.1) is 18.2 Å². The Balaban J connectivity index is 0.000000841. The van der Waals surface area contributed by atoms with E-state index in [9.17, 15) is 21.6 Å². The van der Waals surface area contributed by atoms with Crippen LogP contribution in [-0.2, 0) is 21.8 Å². The Morgan fingerprint density at radius 3 is 2.17 bits per heavy atom. The molecule has 0 radical (unpaired) electrons. The van der Waals surface area contributed by atoms with E-state index in [1.54, 1.807) is 13.0 Å². The summed E-state index contributed by atoms with van der Waals surface area (Å²) in [7, 11) is -1.84. The molecule has 130 valence electrons. The van der Waals surface area contributed by atoms with Crippen molar-refractivity contribution in [1.29, 1.82) is 0 Å². The lowest BCUT2D eigenvalue weighted by molar-refractivity contribution is -0.137. The van der Waals surface area contributed by atoms with Crippen LogP contribution in [0.3, 0.4) is 0 Å². The highest BCUT2D eigenvalue weighted by molar-refractivity contribution is 8.68. The molecule has 0 aliphatic carbocycles. The first-order valence-electron chi connectivity index (χ1n) is 6.51. The van der Waals surface area contributed by atoms with Crippen molar-refractivity contribution in [3.05, 3.63) is 60.2 Å². The zero-order valence-corrected chi connectivity index (χ0v) is 15.1. The molecule has 0 aliphatic heterocycles. The topological polar surface area (TPSA) is 34.1 Å². The van der Waals surface area contributed by atoms with E-state index in [0.29, 0.717) is 5.56 Å². The number of alkyl halides is 3. The predicted octanol–water partition coefficient (Wildman–Crippen LogP) is 4.95. The molecule has 8 heteroatoms. The first-order chi connectivity index (χ1) is 10.7. The van der Waals surface area contributed by atoms with Crippen LogP contribution in [0.5, 0.6) is 0 Å². The van der Waals surface area contributed by atoms with Gasteiger partial charge in [-0.3, -0.25) is 0 Å². The Morgan fingerprint density at radius 1 is 1.26 bits per heavy atom. The summed E-state index contributed by atoms with van der Waals surface area (Å²) in [5.74, 6) is 0.573. The van der Waals surface area contributed by atoms with E-state index in [1.807, 2.05) is 6.08 Å². The molecule has 0 saturated heterocycles. The number of rotatable bonds is 6. The molecule has 2 nitrogen and oxygen atoms in total. The highest BCUT2D eigenvalue weighted by atomic mass is 33.1. The van der Waals surface area contributed by atoms with Gasteiger partial charge in [-0.25, -0.2) is 8.42 Å². The number of hydrogen-bond donors (Lipinski definition) is 1. The number of sulfone groups is 1. The van der Waals surface area contributed by atoms with Gasteiger partial charge >= 0.3 is 6.18 Å². The van der Waals surface area contributed by atoms with E-state index in [0.717, 1.165) is 17.9 Å². The second kappa shape index (κ2) is 10.8. The van der Waals surface area contributed by atoms with Crippen LogP contribution in [0.4, 0.5) is 13.2 Å². The molecule has 0 unspecified atom stereocenters. The Kier molecular flexibility index (Phi) is 10.4. The summed E-state index contributed by atoms with van der Waals surface area (Å²) in [5.41, 5.74) is -0.426. The number of halogens is 3. The smallest absolute Gasteiger partial charge is 0.228 e. The number of hydrogen-bond acceptors (Lipinski definition) is 4. The van der Waals surface area contributed by atoms with Gasteiger partial charge in [0, 0.05) is 5.75 Å². The van der Waals surface area contributed by atoms with Gasteiger partial charge < -0.3 is 0 Å². The molecule has 23 heavy (non-hydrogen) atoms. The second-order valence-corrected chi connectivity index (χ2v) is 7.88. The highest BCUT2D eigenvalue weighted by Crippen LogP contribution is 2.29. The van der Waals surface area contributed by atoms with Gasteiger partial charge in [-0.1, -0.05) is 41.2 Å². The standard InChI is InChI=1S/C12H13F3O2S.C3H6S2/c1-2-3-8-18(16,17)9-10-4-6-11(7-5-10)12(13,14)15;1-2-3-5-4/h2-7H,8-9H2,1H3;2,4H,1,3H2/b3-2+;. The second-order valence-electron chi connectivity index (χ2n) is 4.40. The van der Waals surface area contributed by atoms with Gasteiger partial charge in [0.05, 0.1) is 17.1 Å². The minimum Gasteiger partial charge on any atom is -0.228 e. The van der Waals surface area contributed by atoms with Crippen molar-refractivity contribution in [1.82, 2.24) is 0 Å². The van der Waals surface area contributed by atoms with E-state index in [4.69, 9.17) is 0 Å². The molecular weight excluding hydrogens is 365 g/mol. The molecule has 0 heterocycles. The summed E-state index contributed by atoms with van der Waals surface area (Å²) in [6.45, 7) is 5.18. The van der Waals surface area contributed by atoms with Gasteiger partial charge in [0.25, 0.3) is 0 Å². The van der Waals surface area contributed by atoms with Crippen LogP contribution >= 0.6 is 22.5 Å². The van der Waals surface area contributed by atoms with Gasteiger partial charge in [-0.2, -0.15) is 13.2 Å². The van der Waals surface area contributed by atoms with Crippen LogP contribution in [0, 0.1) is 0 Å². The SMILES string of the molecule is C/C=C/CS(=O)(=O)Cc1ccc(C(F)(F)F)cc1.C=CCSS. The minimum absolute atomic E-state index is 0.107. The molecule has 0 aliphatic rings. The molecule has 0 saturated carbocycles. The summed E-state index contributed by atoms with van der Waals surface area (Å²) < 4.78 is 60.0. The van der Waals surface area contributed by atoms with Crippen molar-refractivity contribution in [2.75, 3.05) is 11.5 Å². The molecule has 0 fully saturated rings. The molecule has 0 amide bonds. The quantitative estimate of drug-likeness (QED) is 0.428. The summed E-state index contributed by atoms with van der Waals surface area (Å²) in [6, 6.07) is 4.16. The van der Waals surface area contributed by atoms with Gasteiger partial charge in [-0.05, 0) is 24.6 Å². The van der Waals surface area contributed by atoms with Crippen molar-refractivity contribution in [3.8, 4) is 0 Å². The lowest BCUT2D eigenvalue weighted by atomic mass is 10.1. The monoisotopic (exact) mass is 384 g/mol. The lowest BCUT2D eigenvalue weighted by Crippen LogP contribution is -2.08. The van der Waals surface area contributed by atoms with Crippen LogP contribution in [0.2, 0.25) is 0 Å². The lowest BCUT2D eigenvalue weighted by Gasteiger charge is -2.07. The highest BCUT2D eigenvalue weighted by Gasteiger charge is 2.30. The summed E-state index contributed by atoms with van der Waals surface area (Å²) >= 11 is 3.85. The van der Waals surface area contributed by atoms with Crippen LogP contribution in [0.1, 0.15) is 18.1 Å². The average molecular weight is 385 g/mol. The Bertz CT molecular complexity index is 591. The summed E-state index contributed by atoms with van der Waals surface area (Å²) in [5, 5.41) is 0. The number of benzene rings is 1. The van der Waals surface area contributed by atoms with Crippen LogP contribution in [0.15, 0.2) is 49.1 Å². The molecule has 0 spiro atoms. The Labute approximate surface area is 144 Å². The maximum absolute atomic E-state index is 12.3. The van der Waals surface area contributed by atoms with Crippen molar-refractivity contribution in [2.45, 2.75) is 18.9 Å². The van der Waals surface area contributed by atoms with Crippen molar-refractivity contribution in [2.24, 2.45) is 0 Å². The molecule has 1 aromatic carbocycles. The average Bonchev–Trinajstić information content (AvgIpc) is 2.46. The molecule has 1 aromatic rings. The van der Waals surface area contributed by atoms with E-state index < -0.39 is 21.6 Å². The minimum atomic E-state index is -4.40. The maximum atomic E-state index is 12.3. The van der Waals surface area contributed by atoms with E-state index in [2.05, 4.69) is 18.2 Å². The molecular formula is C15H19F3O2S3. The first-order valence-corrected chi connectivity index (χ1v) is 10.4. The van der Waals surface area contributed by atoms with E-state index in [-0.39, 0.29) is 11.5 Å². The molecule has 1 rings (SSSR count). The summed E-state index contributed by atoms with van der Waals surface area (Å²) in [6.07, 6.45) is 0.531. The molecule has 0 atom stereocenters. The van der Waals surface area contributed by atoms with Gasteiger partial charge in [0.1, 0.15) is 0 Å². The van der Waals surface area contributed by atoms with E-state index in [1.165, 1.54) is 29.0 Å². The molecule has 0 aromatic heterocycles. The van der Waals surface area contributed by atoms with Crippen molar-refractivity contribution >= 4 is 32.3 Å². The first kappa shape index (κ1) is 22.1. The summed E-state index contributed by atoms with van der Waals surface area (Å²) in [4.78, 5) is 0. The molecule has 0 N–H and O–H groups in total. The normalized spacial score (nSPS) is 11.9. The van der Waals surface area contributed by atoms with Crippen molar-refractivity contribution in [3.63, 3.8) is 0 Å². The Hall–Kier alpha value is -0.860. The number of thiol groups is 1. The number of allylic oxidation sites excluding steroid dienone is 1. The fourth-order valence-corrected chi connectivity index (χ4v) is 3.12. The molecule has 0 bridgehead atoms. The third-order valence-corrected chi connectivity index (χ3v) is 4.75. The van der Waals surface area contributed by atoms with Gasteiger partial charge in [0.15, 0.2) is 9.84 Å². The van der Waals surface area contributed by atoms with Crippen LogP contribution in [0.25, 0.3) is 0 Å². The van der Waals surface area contributed by atoms with Gasteiger partial charge in [0.2, 0.25) is 0 Å². The third-order valence-electron chi connectivity index (χ3n) is 2.45. The fourth-order valence-electron chi connectivity index (χ4n) is 1.40. The Morgan fingerprint density at radius 2 is 1.83 bits per heavy atom.